The molecule has 3 heteroatoms. The molecule has 0 saturated carbocycles. The predicted molar refractivity (Wildman–Crippen MR) is 54.3 cm³/mol. The lowest BCUT2D eigenvalue weighted by molar-refractivity contribution is 0.00693. The van der Waals surface area contributed by atoms with Crippen molar-refractivity contribution >= 4 is 0 Å². The van der Waals surface area contributed by atoms with Crippen molar-refractivity contribution < 1.29 is 9.84 Å². The molecule has 0 radical (unpaired) electrons. The van der Waals surface area contributed by atoms with Crippen LogP contribution >= 0.6 is 0 Å². The van der Waals surface area contributed by atoms with Gasteiger partial charge in [-0.05, 0) is 24.6 Å². The van der Waals surface area contributed by atoms with E-state index < -0.39 is 0 Å². The lowest BCUT2D eigenvalue weighted by Crippen LogP contribution is -2.40. The molecule has 0 spiro atoms. The first kappa shape index (κ1) is 9.49. The molecule has 76 valence electrons. The third kappa shape index (κ3) is 2.05. The summed E-state index contributed by atoms with van der Waals surface area (Å²) in [5.41, 5.74) is 1.11. The molecule has 0 bridgehead atoms. The highest BCUT2D eigenvalue weighted by Gasteiger charge is 2.19. The maximum atomic E-state index is 9.14. The second-order valence-electron chi connectivity index (χ2n) is 3.72. The summed E-state index contributed by atoms with van der Waals surface area (Å²) in [6.07, 6.45) is 0.117. The van der Waals surface area contributed by atoms with Crippen LogP contribution in [-0.2, 0) is 4.74 Å². The highest BCUT2D eigenvalue weighted by atomic mass is 16.5. The number of phenolic OH excluding ortho intramolecular Hbond substituents is 1. The van der Waals surface area contributed by atoms with E-state index in [2.05, 4.69) is 12.2 Å². The molecular weight excluding hydrogens is 178 g/mol. The van der Waals surface area contributed by atoms with Gasteiger partial charge in [-0.25, -0.2) is 0 Å². The normalized spacial score (nSPS) is 27.5. The Kier molecular flexibility index (Phi) is 2.70. The number of aromatic hydroxyl groups is 1. The Morgan fingerprint density at radius 2 is 2.07 bits per heavy atom. The van der Waals surface area contributed by atoms with Crippen LogP contribution in [0, 0.1) is 0 Å². The van der Waals surface area contributed by atoms with Crippen LogP contribution in [0.4, 0.5) is 0 Å². The molecule has 1 saturated heterocycles. The molecule has 14 heavy (non-hydrogen) atoms. The first-order valence-electron chi connectivity index (χ1n) is 4.89. The smallest absolute Gasteiger partial charge is 0.115 e. The van der Waals surface area contributed by atoms with E-state index >= 15 is 0 Å². The Balaban J connectivity index is 2.05. The van der Waals surface area contributed by atoms with Gasteiger partial charge in [-0.1, -0.05) is 12.1 Å². The van der Waals surface area contributed by atoms with Crippen LogP contribution in [0.5, 0.6) is 5.75 Å². The minimum atomic E-state index is 0.117. The summed E-state index contributed by atoms with van der Waals surface area (Å²) in [6, 6.07) is 7.62. The van der Waals surface area contributed by atoms with Gasteiger partial charge in [-0.3, -0.25) is 0 Å². The zero-order valence-corrected chi connectivity index (χ0v) is 8.23. The van der Waals surface area contributed by atoms with Crippen LogP contribution in [0.3, 0.4) is 0 Å². The summed E-state index contributed by atoms with van der Waals surface area (Å²) in [5, 5.41) is 12.5. The lowest BCUT2D eigenvalue weighted by atomic mass is 10.1. The highest BCUT2D eigenvalue weighted by Crippen LogP contribution is 2.21. The van der Waals surface area contributed by atoms with Crippen LogP contribution in [0.15, 0.2) is 24.3 Å². The van der Waals surface area contributed by atoms with Crippen molar-refractivity contribution in [3.63, 3.8) is 0 Å². The van der Waals surface area contributed by atoms with E-state index in [0.29, 0.717) is 11.8 Å². The van der Waals surface area contributed by atoms with Gasteiger partial charge < -0.3 is 15.2 Å². The van der Waals surface area contributed by atoms with Gasteiger partial charge in [0.2, 0.25) is 0 Å². The van der Waals surface area contributed by atoms with Gasteiger partial charge in [0.15, 0.2) is 0 Å². The largest absolute Gasteiger partial charge is 0.508 e. The van der Waals surface area contributed by atoms with Gasteiger partial charge in [-0.15, -0.1) is 0 Å². The average molecular weight is 193 g/mol. The number of nitrogens with one attached hydrogen (secondary N) is 1. The Labute approximate surface area is 83.7 Å². The van der Waals surface area contributed by atoms with Crippen LogP contribution in [-0.4, -0.2) is 24.3 Å². The van der Waals surface area contributed by atoms with Gasteiger partial charge in [0, 0.05) is 12.6 Å². The van der Waals surface area contributed by atoms with Crippen molar-refractivity contribution in [3.05, 3.63) is 29.8 Å². The van der Waals surface area contributed by atoms with Crippen molar-refractivity contribution in [3.8, 4) is 5.75 Å². The number of benzene rings is 1. The molecule has 1 fully saturated rings. The van der Waals surface area contributed by atoms with Crippen LogP contribution in [0.2, 0.25) is 0 Å². The first-order chi connectivity index (χ1) is 6.75. The van der Waals surface area contributed by atoms with Gasteiger partial charge in [-0.2, -0.15) is 0 Å². The zero-order valence-electron chi connectivity index (χ0n) is 8.23. The maximum absolute atomic E-state index is 9.14. The SMILES string of the molecule is CC1COC(c2ccc(O)cc2)CN1. The van der Waals surface area contributed by atoms with Gasteiger partial charge in [0.25, 0.3) is 0 Å². The number of hydrogen-bond donors (Lipinski definition) is 2. The molecular formula is C11H15NO2. The lowest BCUT2D eigenvalue weighted by Gasteiger charge is -2.28. The minimum absolute atomic E-state index is 0.117. The second-order valence-corrected chi connectivity index (χ2v) is 3.72. The molecule has 1 aromatic carbocycles. The molecule has 2 N–H and O–H groups in total. The van der Waals surface area contributed by atoms with Crippen LogP contribution in [0.1, 0.15) is 18.6 Å². The summed E-state index contributed by atoms with van der Waals surface area (Å²) in [6.45, 7) is 3.69. The summed E-state index contributed by atoms with van der Waals surface area (Å²) < 4.78 is 5.67. The fraction of sp³-hybridized carbons (Fsp3) is 0.455. The third-order valence-electron chi connectivity index (χ3n) is 2.46. The second kappa shape index (κ2) is 3.98. The summed E-state index contributed by atoms with van der Waals surface area (Å²) >= 11 is 0. The summed E-state index contributed by atoms with van der Waals surface area (Å²) in [5.74, 6) is 0.297. The predicted octanol–water partition coefficient (Wildman–Crippen LogP) is 1.44. The summed E-state index contributed by atoms with van der Waals surface area (Å²) in [7, 11) is 0. The van der Waals surface area contributed by atoms with Crippen molar-refractivity contribution in [1.82, 2.24) is 5.32 Å². The van der Waals surface area contributed by atoms with E-state index in [9.17, 15) is 0 Å². The van der Waals surface area contributed by atoms with Crippen molar-refractivity contribution in [2.45, 2.75) is 19.1 Å². The molecule has 2 rings (SSSR count). The van der Waals surface area contributed by atoms with Crippen LogP contribution in [0.25, 0.3) is 0 Å². The highest BCUT2D eigenvalue weighted by molar-refractivity contribution is 5.27. The molecule has 2 unspecified atom stereocenters. The van der Waals surface area contributed by atoms with E-state index in [0.717, 1.165) is 18.7 Å². The third-order valence-corrected chi connectivity index (χ3v) is 2.46. The number of morpholine rings is 1. The van der Waals surface area contributed by atoms with Crippen molar-refractivity contribution in [2.75, 3.05) is 13.2 Å². The molecule has 0 aromatic heterocycles. The molecule has 3 nitrogen and oxygen atoms in total. The summed E-state index contributed by atoms with van der Waals surface area (Å²) in [4.78, 5) is 0. The standard InChI is InChI=1S/C11H15NO2/c1-8-7-14-11(6-12-8)9-2-4-10(13)5-3-9/h2-5,8,11-13H,6-7H2,1H3. The van der Waals surface area contributed by atoms with Crippen molar-refractivity contribution in [1.29, 1.82) is 0 Å². The Bertz CT molecular complexity index is 289. The quantitative estimate of drug-likeness (QED) is 0.709. The molecule has 1 aliphatic heterocycles. The van der Waals surface area contributed by atoms with E-state index in [1.807, 2.05) is 12.1 Å². The van der Waals surface area contributed by atoms with Gasteiger partial charge >= 0.3 is 0 Å². The molecule has 0 amide bonds. The molecule has 2 atom stereocenters. The maximum Gasteiger partial charge on any atom is 0.115 e. The van der Waals surface area contributed by atoms with Crippen LogP contribution < -0.4 is 5.32 Å². The Hall–Kier alpha value is -1.06. The van der Waals surface area contributed by atoms with Crippen molar-refractivity contribution in [2.24, 2.45) is 0 Å². The molecule has 1 aromatic rings. The zero-order chi connectivity index (χ0) is 9.97. The number of ether oxygens (including phenoxy) is 1. The first-order valence-corrected chi connectivity index (χ1v) is 4.89. The topological polar surface area (TPSA) is 41.5 Å². The van der Waals surface area contributed by atoms with Gasteiger partial charge in [0.1, 0.15) is 5.75 Å². The molecule has 0 aliphatic carbocycles. The average Bonchev–Trinajstić information content (AvgIpc) is 2.21. The number of hydrogen-bond acceptors (Lipinski definition) is 3. The molecule has 1 aliphatic rings. The van der Waals surface area contributed by atoms with E-state index in [1.54, 1.807) is 12.1 Å². The fourth-order valence-electron chi connectivity index (χ4n) is 1.59. The van der Waals surface area contributed by atoms with Gasteiger partial charge in [0.05, 0.1) is 12.7 Å². The fourth-order valence-corrected chi connectivity index (χ4v) is 1.59. The molecule has 1 heterocycles. The Morgan fingerprint density at radius 3 is 2.64 bits per heavy atom. The Morgan fingerprint density at radius 1 is 1.36 bits per heavy atom. The minimum Gasteiger partial charge on any atom is -0.508 e. The monoisotopic (exact) mass is 193 g/mol. The number of rotatable bonds is 1. The van der Waals surface area contributed by atoms with E-state index in [4.69, 9.17) is 9.84 Å². The van der Waals surface area contributed by atoms with E-state index in [1.165, 1.54) is 0 Å². The number of phenols is 1. The van der Waals surface area contributed by atoms with E-state index in [-0.39, 0.29) is 6.10 Å².